The highest BCUT2D eigenvalue weighted by Gasteiger charge is 2.22. The van der Waals surface area contributed by atoms with Crippen molar-refractivity contribution in [2.45, 2.75) is 31.7 Å². The summed E-state index contributed by atoms with van der Waals surface area (Å²) in [6, 6.07) is 0.113. The fraction of sp³-hybridized carbons (Fsp3) is 0.875. The van der Waals surface area contributed by atoms with E-state index in [-0.39, 0.29) is 6.04 Å². The Morgan fingerprint density at radius 3 is 2.50 bits per heavy atom. The summed E-state index contributed by atoms with van der Waals surface area (Å²) < 4.78 is 0. The maximum Gasteiger partial charge on any atom is 0.137 e. The SMILES string of the molecule is CN[C@H](C=O)C1CCCC1. The van der Waals surface area contributed by atoms with E-state index < -0.39 is 0 Å². The number of carbonyl (C=O) groups excluding carboxylic acids is 1. The highest BCUT2D eigenvalue weighted by atomic mass is 16.1. The molecule has 1 aliphatic rings. The molecule has 1 atom stereocenters. The van der Waals surface area contributed by atoms with Crippen molar-refractivity contribution < 1.29 is 4.79 Å². The van der Waals surface area contributed by atoms with E-state index in [4.69, 9.17) is 0 Å². The van der Waals surface area contributed by atoms with E-state index in [1.807, 2.05) is 7.05 Å². The number of aldehydes is 1. The van der Waals surface area contributed by atoms with Gasteiger partial charge in [0.15, 0.2) is 0 Å². The van der Waals surface area contributed by atoms with Crippen LogP contribution in [0.15, 0.2) is 0 Å². The normalized spacial score (nSPS) is 22.9. The van der Waals surface area contributed by atoms with Crippen LogP contribution in [0.25, 0.3) is 0 Å². The fourth-order valence-electron chi connectivity index (χ4n) is 1.73. The number of likely N-dealkylation sites (N-methyl/N-ethyl adjacent to an activating group) is 1. The van der Waals surface area contributed by atoms with E-state index in [0.717, 1.165) is 6.29 Å². The predicted octanol–water partition coefficient (Wildman–Crippen LogP) is 0.963. The molecule has 10 heavy (non-hydrogen) atoms. The summed E-state index contributed by atoms with van der Waals surface area (Å²) in [6.07, 6.45) is 6.10. The van der Waals surface area contributed by atoms with Crippen LogP contribution < -0.4 is 5.32 Å². The minimum absolute atomic E-state index is 0.113. The molecule has 0 unspecified atom stereocenters. The number of rotatable bonds is 3. The minimum atomic E-state index is 0.113. The molecule has 0 aromatic heterocycles. The Hall–Kier alpha value is -0.370. The summed E-state index contributed by atoms with van der Waals surface area (Å²) in [7, 11) is 1.86. The van der Waals surface area contributed by atoms with Crippen molar-refractivity contribution in [1.82, 2.24) is 5.32 Å². The molecular formula is C8H15NO. The zero-order valence-corrected chi connectivity index (χ0v) is 6.47. The Morgan fingerprint density at radius 2 is 2.10 bits per heavy atom. The summed E-state index contributed by atoms with van der Waals surface area (Å²) in [5.41, 5.74) is 0. The Labute approximate surface area is 62.0 Å². The number of nitrogens with one attached hydrogen (secondary N) is 1. The Bertz CT molecular complexity index is 108. The molecule has 2 nitrogen and oxygen atoms in total. The average Bonchev–Trinajstić information content (AvgIpc) is 2.43. The van der Waals surface area contributed by atoms with Crippen molar-refractivity contribution >= 4 is 6.29 Å². The van der Waals surface area contributed by atoms with Crippen LogP contribution in [-0.2, 0) is 4.79 Å². The summed E-state index contributed by atoms with van der Waals surface area (Å²) in [6.45, 7) is 0. The largest absolute Gasteiger partial charge is 0.311 e. The second kappa shape index (κ2) is 3.71. The number of carbonyl (C=O) groups is 1. The lowest BCUT2D eigenvalue weighted by atomic mass is 10.00. The van der Waals surface area contributed by atoms with Crippen LogP contribution in [0.2, 0.25) is 0 Å². The van der Waals surface area contributed by atoms with Crippen LogP contribution in [0.3, 0.4) is 0 Å². The van der Waals surface area contributed by atoms with Crippen molar-refractivity contribution in [3.63, 3.8) is 0 Å². The molecule has 1 rings (SSSR count). The molecular weight excluding hydrogens is 126 g/mol. The zero-order valence-electron chi connectivity index (χ0n) is 6.47. The zero-order chi connectivity index (χ0) is 7.40. The van der Waals surface area contributed by atoms with Crippen molar-refractivity contribution in [3.05, 3.63) is 0 Å². The smallest absolute Gasteiger partial charge is 0.137 e. The van der Waals surface area contributed by atoms with Gasteiger partial charge in [0, 0.05) is 0 Å². The average molecular weight is 141 g/mol. The first-order chi connectivity index (χ1) is 4.88. The molecule has 0 aromatic carbocycles. The highest BCUT2D eigenvalue weighted by Crippen LogP contribution is 2.26. The van der Waals surface area contributed by atoms with Crippen molar-refractivity contribution in [2.24, 2.45) is 5.92 Å². The summed E-state index contributed by atoms with van der Waals surface area (Å²) in [5, 5.41) is 3.03. The van der Waals surface area contributed by atoms with Gasteiger partial charge in [0.1, 0.15) is 6.29 Å². The number of hydrogen-bond acceptors (Lipinski definition) is 2. The van der Waals surface area contributed by atoms with Crippen LogP contribution in [-0.4, -0.2) is 19.4 Å². The molecule has 0 amide bonds. The summed E-state index contributed by atoms with van der Waals surface area (Å²) in [4.78, 5) is 10.5. The summed E-state index contributed by atoms with van der Waals surface area (Å²) in [5.74, 6) is 0.613. The lowest BCUT2D eigenvalue weighted by Gasteiger charge is -2.15. The van der Waals surface area contributed by atoms with Gasteiger partial charge in [0.05, 0.1) is 6.04 Å². The van der Waals surface area contributed by atoms with Gasteiger partial charge >= 0.3 is 0 Å². The first kappa shape index (κ1) is 7.73. The molecule has 0 aromatic rings. The molecule has 1 N–H and O–H groups in total. The van der Waals surface area contributed by atoms with Gasteiger partial charge in [-0.05, 0) is 25.8 Å². The predicted molar refractivity (Wildman–Crippen MR) is 40.9 cm³/mol. The van der Waals surface area contributed by atoms with Gasteiger partial charge in [-0.3, -0.25) is 0 Å². The summed E-state index contributed by atoms with van der Waals surface area (Å²) >= 11 is 0. The molecule has 0 radical (unpaired) electrons. The molecule has 0 saturated heterocycles. The van der Waals surface area contributed by atoms with E-state index >= 15 is 0 Å². The van der Waals surface area contributed by atoms with Gasteiger partial charge in [0.2, 0.25) is 0 Å². The first-order valence-corrected chi connectivity index (χ1v) is 4.01. The van der Waals surface area contributed by atoms with Gasteiger partial charge in [0.25, 0.3) is 0 Å². The fourth-order valence-corrected chi connectivity index (χ4v) is 1.73. The lowest BCUT2D eigenvalue weighted by molar-refractivity contribution is -0.110. The van der Waals surface area contributed by atoms with Gasteiger partial charge in [-0.1, -0.05) is 12.8 Å². The molecule has 0 heterocycles. The Balaban J connectivity index is 2.36. The van der Waals surface area contributed by atoms with Gasteiger partial charge in [-0.15, -0.1) is 0 Å². The van der Waals surface area contributed by atoms with Crippen LogP contribution in [0.4, 0.5) is 0 Å². The first-order valence-electron chi connectivity index (χ1n) is 4.01. The Morgan fingerprint density at radius 1 is 1.50 bits per heavy atom. The molecule has 58 valence electrons. The topological polar surface area (TPSA) is 29.1 Å². The van der Waals surface area contributed by atoms with Crippen LogP contribution in [0, 0.1) is 5.92 Å². The van der Waals surface area contributed by atoms with Crippen LogP contribution in [0.5, 0.6) is 0 Å². The monoisotopic (exact) mass is 141 g/mol. The molecule has 1 fully saturated rings. The molecule has 2 heteroatoms. The maximum absolute atomic E-state index is 10.5. The molecule has 0 bridgehead atoms. The van der Waals surface area contributed by atoms with E-state index in [1.165, 1.54) is 25.7 Å². The standard InChI is InChI=1S/C8H15NO/c1-9-8(6-10)7-4-2-3-5-7/h6-9H,2-5H2,1H3/t8-/m1/s1. The lowest BCUT2D eigenvalue weighted by Crippen LogP contribution is -2.33. The maximum atomic E-state index is 10.5. The third-order valence-corrected chi connectivity index (χ3v) is 2.39. The van der Waals surface area contributed by atoms with Crippen LogP contribution in [0.1, 0.15) is 25.7 Å². The van der Waals surface area contributed by atoms with Crippen LogP contribution >= 0.6 is 0 Å². The van der Waals surface area contributed by atoms with Gasteiger partial charge < -0.3 is 10.1 Å². The van der Waals surface area contributed by atoms with Crippen molar-refractivity contribution in [3.8, 4) is 0 Å². The van der Waals surface area contributed by atoms with Crippen molar-refractivity contribution in [1.29, 1.82) is 0 Å². The minimum Gasteiger partial charge on any atom is -0.311 e. The van der Waals surface area contributed by atoms with E-state index in [0.29, 0.717) is 5.92 Å². The van der Waals surface area contributed by atoms with E-state index in [2.05, 4.69) is 5.32 Å². The third-order valence-electron chi connectivity index (χ3n) is 2.39. The molecule has 0 aliphatic heterocycles. The molecule has 0 spiro atoms. The van der Waals surface area contributed by atoms with E-state index in [1.54, 1.807) is 0 Å². The van der Waals surface area contributed by atoms with Gasteiger partial charge in [-0.25, -0.2) is 0 Å². The van der Waals surface area contributed by atoms with E-state index in [9.17, 15) is 4.79 Å². The molecule has 1 aliphatic carbocycles. The Kier molecular flexibility index (Phi) is 2.87. The highest BCUT2D eigenvalue weighted by molar-refractivity contribution is 5.58. The van der Waals surface area contributed by atoms with Gasteiger partial charge in [-0.2, -0.15) is 0 Å². The second-order valence-electron chi connectivity index (χ2n) is 3.00. The third kappa shape index (κ3) is 1.57. The number of hydrogen-bond donors (Lipinski definition) is 1. The van der Waals surface area contributed by atoms with Crippen molar-refractivity contribution in [2.75, 3.05) is 7.05 Å². The second-order valence-corrected chi connectivity index (χ2v) is 3.00. The quantitative estimate of drug-likeness (QED) is 0.593. The molecule has 1 saturated carbocycles.